The summed E-state index contributed by atoms with van der Waals surface area (Å²) < 4.78 is 0. The van der Waals surface area contributed by atoms with Crippen molar-refractivity contribution in [2.24, 2.45) is 0 Å². The molecule has 0 aliphatic rings. The molecule has 86 valence electrons. The second-order valence-corrected chi connectivity index (χ2v) is 4.72. The van der Waals surface area contributed by atoms with Gasteiger partial charge >= 0.3 is 0 Å². The van der Waals surface area contributed by atoms with Crippen molar-refractivity contribution in [3.63, 3.8) is 0 Å². The molecule has 0 fully saturated rings. The van der Waals surface area contributed by atoms with Crippen molar-refractivity contribution < 1.29 is 0 Å². The van der Waals surface area contributed by atoms with Gasteiger partial charge in [0.1, 0.15) is 0 Å². The van der Waals surface area contributed by atoms with E-state index in [4.69, 9.17) is 0 Å². The molecule has 0 bridgehead atoms. The van der Waals surface area contributed by atoms with Crippen LogP contribution in [0.4, 0.5) is 0 Å². The second-order valence-electron chi connectivity index (χ2n) is 3.94. The molecule has 1 rings (SSSR count). The second kappa shape index (κ2) is 7.85. The van der Waals surface area contributed by atoms with Gasteiger partial charge < -0.3 is 10.6 Å². The van der Waals surface area contributed by atoms with Gasteiger partial charge in [0.15, 0.2) is 0 Å². The average Bonchev–Trinajstić information content (AvgIpc) is 2.71. The molecule has 0 aliphatic carbocycles. The Morgan fingerprint density at radius 2 is 2.27 bits per heavy atom. The monoisotopic (exact) mass is 226 g/mol. The molecule has 0 aromatic carbocycles. The lowest BCUT2D eigenvalue weighted by atomic mass is 10.2. The van der Waals surface area contributed by atoms with E-state index in [9.17, 15) is 0 Å². The maximum absolute atomic E-state index is 3.52. The summed E-state index contributed by atoms with van der Waals surface area (Å²) in [5.74, 6) is 0. The Morgan fingerprint density at radius 1 is 1.40 bits per heavy atom. The fourth-order valence-corrected chi connectivity index (χ4v) is 2.17. The Morgan fingerprint density at radius 3 is 2.93 bits per heavy atom. The zero-order chi connectivity index (χ0) is 10.9. The summed E-state index contributed by atoms with van der Waals surface area (Å²) in [6.45, 7) is 7.69. The first kappa shape index (κ1) is 12.7. The lowest BCUT2D eigenvalue weighted by Gasteiger charge is -2.13. The lowest BCUT2D eigenvalue weighted by Crippen LogP contribution is -2.37. The summed E-state index contributed by atoms with van der Waals surface area (Å²) in [7, 11) is 0. The van der Waals surface area contributed by atoms with Gasteiger partial charge in [-0.1, -0.05) is 6.92 Å². The summed E-state index contributed by atoms with van der Waals surface area (Å²) in [6, 6.07) is 2.77. The van der Waals surface area contributed by atoms with Crippen LogP contribution in [0, 0.1) is 0 Å². The van der Waals surface area contributed by atoms with Gasteiger partial charge in [-0.3, -0.25) is 0 Å². The topological polar surface area (TPSA) is 24.1 Å². The molecule has 0 spiro atoms. The molecule has 0 saturated carbocycles. The summed E-state index contributed by atoms with van der Waals surface area (Å²) in [5.41, 5.74) is 1.45. The Kier molecular flexibility index (Phi) is 6.64. The van der Waals surface area contributed by atoms with Gasteiger partial charge in [-0.05, 0) is 55.2 Å². The smallest absolute Gasteiger partial charge is 0.0164 e. The van der Waals surface area contributed by atoms with Crippen molar-refractivity contribution in [2.45, 2.75) is 32.7 Å². The Hall–Kier alpha value is -0.380. The molecule has 1 atom stereocenters. The van der Waals surface area contributed by atoms with Crippen LogP contribution in [0.2, 0.25) is 0 Å². The summed E-state index contributed by atoms with van der Waals surface area (Å²) >= 11 is 1.78. The van der Waals surface area contributed by atoms with E-state index in [1.807, 2.05) is 0 Å². The van der Waals surface area contributed by atoms with Gasteiger partial charge in [0.05, 0.1) is 0 Å². The zero-order valence-electron chi connectivity index (χ0n) is 9.75. The molecule has 3 heteroatoms. The molecule has 2 nitrogen and oxygen atoms in total. The molecule has 1 aromatic heterocycles. The van der Waals surface area contributed by atoms with Crippen LogP contribution in [0.5, 0.6) is 0 Å². The van der Waals surface area contributed by atoms with Gasteiger partial charge in [0.2, 0.25) is 0 Å². The third-order valence-electron chi connectivity index (χ3n) is 2.36. The highest BCUT2D eigenvalue weighted by molar-refractivity contribution is 7.07. The largest absolute Gasteiger partial charge is 0.315 e. The van der Waals surface area contributed by atoms with Crippen LogP contribution in [-0.4, -0.2) is 25.7 Å². The van der Waals surface area contributed by atoms with E-state index in [0.29, 0.717) is 6.04 Å². The number of thiophene rings is 1. The van der Waals surface area contributed by atoms with E-state index in [0.717, 1.165) is 26.1 Å². The van der Waals surface area contributed by atoms with Crippen LogP contribution in [-0.2, 0) is 6.42 Å². The van der Waals surface area contributed by atoms with Gasteiger partial charge in [0.25, 0.3) is 0 Å². The van der Waals surface area contributed by atoms with Crippen LogP contribution in [0.15, 0.2) is 16.8 Å². The predicted octanol–water partition coefficient (Wildman–Crippen LogP) is 2.27. The van der Waals surface area contributed by atoms with Crippen LogP contribution in [0.3, 0.4) is 0 Å². The van der Waals surface area contributed by atoms with Crippen molar-refractivity contribution in [1.29, 1.82) is 0 Å². The molecule has 15 heavy (non-hydrogen) atoms. The molecule has 1 unspecified atom stereocenters. The average molecular weight is 226 g/mol. The number of hydrogen-bond acceptors (Lipinski definition) is 3. The zero-order valence-corrected chi connectivity index (χ0v) is 10.6. The van der Waals surface area contributed by atoms with E-state index in [1.165, 1.54) is 12.0 Å². The molecule has 2 N–H and O–H groups in total. The van der Waals surface area contributed by atoms with E-state index >= 15 is 0 Å². The Labute approximate surface area is 97.1 Å². The number of nitrogens with one attached hydrogen (secondary N) is 2. The maximum Gasteiger partial charge on any atom is 0.0164 e. The van der Waals surface area contributed by atoms with Crippen molar-refractivity contribution in [1.82, 2.24) is 10.6 Å². The van der Waals surface area contributed by atoms with Crippen molar-refractivity contribution in [3.8, 4) is 0 Å². The van der Waals surface area contributed by atoms with Crippen LogP contribution in [0.1, 0.15) is 25.8 Å². The maximum atomic E-state index is 3.52. The third kappa shape index (κ3) is 5.92. The van der Waals surface area contributed by atoms with E-state index in [2.05, 4.69) is 41.3 Å². The Bertz CT molecular complexity index is 234. The number of hydrogen-bond donors (Lipinski definition) is 2. The van der Waals surface area contributed by atoms with E-state index in [-0.39, 0.29) is 0 Å². The first-order chi connectivity index (χ1) is 7.33. The quantitative estimate of drug-likeness (QED) is 0.665. The van der Waals surface area contributed by atoms with Gasteiger partial charge in [-0.25, -0.2) is 0 Å². The molecule has 0 radical (unpaired) electrons. The first-order valence-corrected chi connectivity index (χ1v) is 6.72. The third-order valence-corrected chi connectivity index (χ3v) is 3.10. The predicted molar refractivity (Wildman–Crippen MR) is 68.6 cm³/mol. The van der Waals surface area contributed by atoms with Gasteiger partial charge in [0, 0.05) is 12.6 Å². The SMILES string of the molecule is CCCNCC(C)NCCc1ccsc1. The fourth-order valence-electron chi connectivity index (χ4n) is 1.47. The molecule has 0 amide bonds. The first-order valence-electron chi connectivity index (χ1n) is 5.78. The fraction of sp³-hybridized carbons (Fsp3) is 0.667. The van der Waals surface area contributed by atoms with Crippen molar-refractivity contribution >= 4 is 11.3 Å². The summed E-state index contributed by atoms with van der Waals surface area (Å²) in [5, 5.41) is 11.3. The van der Waals surface area contributed by atoms with Crippen molar-refractivity contribution in [2.75, 3.05) is 19.6 Å². The minimum Gasteiger partial charge on any atom is -0.315 e. The molecule has 1 aromatic rings. The van der Waals surface area contributed by atoms with Crippen LogP contribution < -0.4 is 10.6 Å². The van der Waals surface area contributed by atoms with Crippen molar-refractivity contribution in [3.05, 3.63) is 22.4 Å². The lowest BCUT2D eigenvalue weighted by molar-refractivity contribution is 0.504. The molecule has 0 saturated heterocycles. The summed E-state index contributed by atoms with van der Waals surface area (Å²) in [6.07, 6.45) is 2.35. The number of rotatable bonds is 8. The minimum absolute atomic E-state index is 0.565. The molecule has 1 heterocycles. The van der Waals surface area contributed by atoms with Gasteiger partial charge in [-0.2, -0.15) is 11.3 Å². The molecular formula is C12H22N2S. The van der Waals surface area contributed by atoms with E-state index in [1.54, 1.807) is 11.3 Å². The van der Waals surface area contributed by atoms with Crippen LogP contribution >= 0.6 is 11.3 Å². The molecular weight excluding hydrogens is 204 g/mol. The normalized spacial score (nSPS) is 12.9. The Balaban J connectivity index is 1.99. The highest BCUT2D eigenvalue weighted by Crippen LogP contribution is 2.05. The minimum atomic E-state index is 0.565. The molecule has 0 aliphatic heterocycles. The van der Waals surface area contributed by atoms with Gasteiger partial charge in [-0.15, -0.1) is 0 Å². The van der Waals surface area contributed by atoms with E-state index < -0.39 is 0 Å². The summed E-state index contributed by atoms with van der Waals surface area (Å²) in [4.78, 5) is 0. The highest BCUT2D eigenvalue weighted by Gasteiger charge is 1.99. The van der Waals surface area contributed by atoms with Crippen LogP contribution in [0.25, 0.3) is 0 Å². The standard InChI is InChI=1S/C12H22N2S/c1-3-6-13-9-11(2)14-7-4-12-5-8-15-10-12/h5,8,10-11,13-14H,3-4,6-7,9H2,1-2H3. The highest BCUT2D eigenvalue weighted by atomic mass is 32.1.